The van der Waals surface area contributed by atoms with Crippen LogP contribution >= 0.6 is 0 Å². The molecule has 1 heterocycles. The van der Waals surface area contributed by atoms with Crippen LogP contribution in [-0.2, 0) is 11.2 Å². The first-order chi connectivity index (χ1) is 9.69. The van der Waals surface area contributed by atoms with Gasteiger partial charge in [0, 0.05) is 12.8 Å². The van der Waals surface area contributed by atoms with E-state index in [1.54, 1.807) is 6.26 Å². The van der Waals surface area contributed by atoms with E-state index >= 15 is 0 Å². The van der Waals surface area contributed by atoms with Crippen LogP contribution in [0.5, 0.6) is 0 Å². The van der Waals surface area contributed by atoms with E-state index < -0.39 is 0 Å². The van der Waals surface area contributed by atoms with E-state index in [0.29, 0.717) is 12.8 Å². The molecule has 0 aliphatic carbocycles. The van der Waals surface area contributed by atoms with Crippen molar-refractivity contribution >= 4 is 5.91 Å². The summed E-state index contributed by atoms with van der Waals surface area (Å²) in [6.07, 6.45) is 3.61. The molecule has 106 valence electrons. The number of nitrogens with one attached hydrogen (secondary N) is 1. The van der Waals surface area contributed by atoms with Gasteiger partial charge in [-0.15, -0.1) is 0 Å². The van der Waals surface area contributed by atoms with Gasteiger partial charge in [0.05, 0.1) is 12.3 Å². The number of aryl methyl sites for hydroxylation is 2. The standard InChI is InChI=1S/C17H21NO2/c1-3-16(14-8-6-13(2)7-9-14)18-17(19)11-10-15-5-4-12-20-15/h4-9,12,16H,3,10-11H2,1-2H3,(H,18,19). The predicted octanol–water partition coefficient (Wildman–Crippen LogP) is 3.79. The van der Waals surface area contributed by atoms with Crippen LogP contribution in [0.2, 0.25) is 0 Å². The Morgan fingerprint density at radius 1 is 1.25 bits per heavy atom. The van der Waals surface area contributed by atoms with Gasteiger partial charge in [-0.3, -0.25) is 4.79 Å². The fourth-order valence-corrected chi connectivity index (χ4v) is 2.18. The summed E-state index contributed by atoms with van der Waals surface area (Å²) >= 11 is 0. The first-order valence-corrected chi connectivity index (χ1v) is 7.07. The number of benzene rings is 1. The Labute approximate surface area is 120 Å². The third kappa shape index (κ3) is 3.98. The van der Waals surface area contributed by atoms with Crippen molar-refractivity contribution in [3.63, 3.8) is 0 Å². The number of furan rings is 1. The van der Waals surface area contributed by atoms with Crippen LogP contribution < -0.4 is 5.32 Å². The van der Waals surface area contributed by atoms with Crippen molar-refractivity contribution in [2.75, 3.05) is 0 Å². The van der Waals surface area contributed by atoms with Crippen molar-refractivity contribution in [3.8, 4) is 0 Å². The van der Waals surface area contributed by atoms with Crippen LogP contribution in [0.4, 0.5) is 0 Å². The Balaban J connectivity index is 1.89. The molecule has 0 fully saturated rings. The highest BCUT2D eigenvalue weighted by molar-refractivity contribution is 5.76. The number of hydrogen-bond donors (Lipinski definition) is 1. The zero-order valence-corrected chi connectivity index (χ0v) is 12.1. The molecule has 20 heavy (non-hydrogen) atoms. The largest absolute Gasteiger partial charge is 0.469 e. The van der Waals surface area contributed by atoms with Crippen molar-refractivity contribution in [1.29, 1.82) is 0 Å². The molecule has 0 saturated carbocycles. The average molecular weight is 271 g/mol. The summed E-state index contributed by atoms with van der Waals surface area (Å²) in [5.41, 5.74) is 2.39. The average Bonchev–Trinajstić information content (AvgIpc) is 2.97. The zero-order valence-electron chi connectivity index (χ0n) is 12.1. The van der Waals surface area contributed by atoms with Crippen molar-refractivity contribution < 1.29 is 9.21 Å². The quantitative estimate of drug-likeness (QED) is 0.868. The predicted molar refractivity (Wildman–Crippen MR) is 79.4 cm³/mol. The first-order valence-electron chi connectivity index (χ1n) is 7.07. The summed E-state index contributed by atoms with van der Waals surface area (Å²) < 4.78 is 5.23. The smallest absolute Gasteiger partial charge is 0.220 e. The fraction of sp³-hybridized carbons (Fsp3) is 0.353. The topological polar surface area (TPSA) is 42.2 Å². The van der Waals surface area contributed by atoms with Crippen molar-refractivity contribution in [3.05, 3.63) is 59.5 Å². The molecule has 1 aromatic heterocycles. The van der Waals surface area contributed by atoms with Crippen molar-refractivity contribution in [2.45, 2.75) is 39.2 Å². The van der Waals surface area contributed by atoms with Gasteiger partial charge >= 0.3 is 0 Å². The molecule has 1 amide bonds. The number of amides is 1. The van der Waals surface area contributed by atoms with E-state index in [1.165, 1.54) is 5.56 Å². The molecular weight excluding hydrogens is 250 g/mol. The second kappa shape index (κ2) is 6.94. The lowest BCUT2D eigenvalue weighted by atomic mass is 10.0. The molecule has 0 radical (unpaired) electrons. The maximum Gasteiger partial charge on any atom is 0.220 e. The molecule has 0 bridgehead atoms. The van der Waals surface area contributed by atoms with Crippen molar-refractivity contribution in [1.82, 2.24) is 5.32 Å². The summed E-state index contributed by atoms with van der Waals surface area (Å²) in [6, 6.07) is 12.1. The Hall–Kier alpha value is -2.03. The molecule has 0 saturated heterocycles. The van der Waals surface area contributed by atoms with Crippen molar-refractivity contribution in [2.24, 2.45) is 0 Å². The summed E-state index contributed by atoms with van der Waals surface area (Å²) in [7, 11) is 0. The fourth-order valence-electron chi connectivity index (χ4n) is 2.18. The molecule has 3 nitrogen and oxygen atoms in total. The van der Waals surface area contributed by atoms with Gasteiger partial charge in [0.2, 0.25) is 5.91 Å². The molecule has 0 spiro atoms. The van der Waals surface area contributed by atoms with Gasteiger partial charge in [-0.2, -0.15) is 0 Å². The molecule has 1 aromatic carbocycles. The van der Waals surface area contributed by atoms with Crippen LogP contribution in [0.1, 0.15) is 42.7 Å². The van der Waals surface area contributed by atoms with Crippen LogP contribution in [0.25, 0.3) is 0 Å². The summed E-state index contributed by atoms with van der Waals surface area (Å²) in [6.45, 7) is 4.14. The van der Waals surface area contributed by atoms with Crippen LogP contribution in [-0.4, -0.2) is 5.91 Å². The highest BCUT2D eigenvalue weighted by Crippen LogP contribution is 2.17. The van der Waals surface area contributed by atoms with E-state index in [9.17, 15) is 4.79 Å². The van der Waals surface area contributed by atoms with E-state index in [1.807, 2.05) is 12.1 Å². The molecule has 0 aliphatic heterocycles. The third-order valence-corrected chi connectivity index (χ3v) is 3.40. The van der Waals surface area contributed by atoms with E-state index in [4.69, 9.17) is 4.42 Å². The summed E-state index contributed by atoms with van der Waals surface area (Å²) in [5, 5.41) is 3.08. The lowest BCUT2D eigenvalue weighted by Crippen LogP contribution is -2.28. The lowest BCUT2D eigenvalue weighted by molar-refractivity contribution is -0.121. The summed E-state index contributed by atoms with van der Waals surface area (Å²) in [4.78, 5) is 12.0. The minimum atomic E-state index is 0.0637. The molecule has 1 atom stereocenters. The van der Waals surface area contributed by atoms with Crippen LogP contribution in [0.15, 0.2) is 47.1 Å². The molecule has 1 unspecified atom stereocenters. The van der Waals surface area contributed by atoms with Gasteiger partial charge in [-0.05, 0) is 31.0 Å². The lowest BCUT2D eigenvalue weighted by Gasteiger charge is -2.17. The Morgan fingerprint density at radius 3 is 2.60 bits per heavy atom. The van der Waals surface area contributed by atoms with Crippen LogP contribution in [0, 0.1) is 6.92 Å². The molecule has 2 rings (SSSR count). The minimum Gasteiger partial charge on any atom is -0.469 e. The maximum atomic E-state index is 12.0. The highest BCUT2D eigenvalue weighted by Gasteiger charge is 2.12. The molecule has 2 aromatic rings. The number of carbonyl (C=O) groups is 1. The minimum absolute atomic E-state index is 0.0637. The zero-order chi connectivity index (χ0) is 14.4. The number of hydrogen-bond acceptors (Lipinski definition) is 2. The van der Waals surface area contributed by atoms with Gasteiger partial charge in [-0.1, -0.05) is 36.8 Å². The molecule has 0 aliphatic rings. The Morgan fingerprint density at radius 2 is 2.00 bits per heavy atom. The number of rotatable bonds is 6. The Bertz CT molecular complexity index is 529. The highest BCUT2D eigenvalue weighted by atomic mass is 16.3. The van der Waals surface area contributed by atoms with Gasteiger partial charge in [0.1, 0.15) is 5.76 Å². The van der Waals surface area contributed by atoms with Gasteiger partial charge in [-0.25, -0.2) is 0 Å². The summed E-state index contributed by atoms with van der Waals surface area (Å²) in [5.74, 6) is 0.914. The monoisotopic (exact) mass is 271 g/mol. The maximum absolute atomic E-state index is 12.0. The molecule has 3 heteroatoms. The van der Waals surface area contributed by atoms with Gasteiger partial charge in [0.15, 0.2) is 0 Å². The Kier molecular flexibility index (Phi) is 4.99. The van der Waals surface area contributed by atoms with Gasteiger partial charge < -0.3 is 9.73 Å². The molecular formula is C17H21NO2. The van der Waals surface area contributed by atoms with Crippen LogP contribution in [0.3, 0.4) is 0 Å². The second-order valence-corrected chi connectivity index (χ2v) is 5.02. The van der Waals surface area contributed by atoms with E-state index in [2.05, 4.69) is 43.4 Å². The van der Waals surface area contributed by atoms with Gasteiger partial charge in [0.25, 0.3) is 0 Å². The SMILES string of the molecule is CCC(NC(=O)CCc1ccco1)c1ccc(C)cc1. The normalized spacial score (nSPS) is 12.1. The van der Waals surface area contributed by atoms with E-state index in [0.717, 1.165) is 17.7 Å². The molecule has 1 N–H and O–H groups in total. The van der Waals surface area contributed by atoms with E-state index in [-0.39, 0.29) is 11.9 Å². The first kappa shape index (κ1) is 14.4. The number of carbonyl (C=O) groups excluding carboxylic acids is 1. The second-order valence-electron chi connectivity index (χ2n) is 5.02. The third-order valence-electron chi connectivity index (χ3n) is 3.40.